The largest absolute Gasteiger partial charge is 0.380 e. The van der Waals surface area contributed by atoms with Crippen molar-refractivity contribution in [2.75, 3.05) is 39.8 Å². The van der Waals surface area contributed by atoms with Crippen molar-refractivity contribution in [2.45, 2.75) is 43.6 Å². The maximum atomic E-state index is 12.9. The molecule has 0 radical (unpaired) electrons. The molecule has 0 aliphatic carbocycles. The summed E-state index contributed by atoms with van der Waals surface area (Å²) in [5.41, 5.74) is 6.62. The van der Waals surface area contributed by atoms with Gasteiger partial charge in [-0.15, -0.1) is 12.4 Å². The van der Waals surface area contributed by atoms with E-state index in [1.807, 2.05) is 12.1 Å². The van der Waals surface area contributed by atoms with Crippen LogP contribution in [0.4, 0.5) is 0 Å². The number of hydrogen-bond acceptors (Lipinski definition) is 5. The third kappa shape index (κ3) is 5.90. The van der Waals surface area contributed by atoms with E-state index in [1.54, 1.807) is 17.0 Å². The van der Waals surface area contributed by atoms with E-state index in [2.05, 4.69) is 20.8 Å². The molecule has 1 heterocycles. The zero-order chi connectivity index (χ0) is 20.2. The van der Waals surface area contributed by atoms with E-state index >= 15 is 0 Å². The van der Waals surface area contributed by atoms with Crippen LogP contribution in [0.25, 0.3) is 0 Å². The summed E-state index contributed by atoms with van der Waals surface area (Å²) >= 11 is 0. The summed E-state index contributed by atoms with van der Waals surface area (Å²) in [7, 11) is -2.03. The van der Waals surface area contributed by atoms with Crippen LogP contribution in [-0.4, -0.2) is 69.5 Å². The van der Waals surface area contributed by atoms with Gasteiger partial charge < -0.3 is 15.4 Å². The van der Waals surface area contributed by atoms with Crippen molar-refractivity contribution in [1.29, 1.82) is 0 Å². The first kappa shape index (κ1) is 24.8. The molecule has 2 rings (SSSR count). The maximum absolute atomic E-state index is 12.9. The van der Waals surface area contributed by atoms with Crippen molar-refractivity contribution in [3.8, 4) is 0 Å². The quantitative estimate of drug-likeness (QED) is 0.735. The molecule has 1 fully saturated rings. The summed E-state index contributed by atoms with van der Waals surface area (Å²) in [6, 6.07) is 7.06. The van der Waals surface area contributed by atoms with Gasteiger partial charge in [0.15, 0.2) is 0 Å². The molecule has 0 aromatic heterocycles. The van der Waals surface area contributed by atoms with Crippen LogP contribution in [0.3, 0.4) is 0 Å². The molecule has 0 spiro atoms. The van der Waals surface area contributed by atoms with Gasteiger partial charge in [-0.3, -0.25) is 4.79 Å². The van der Waals surface area contributed by atoms with E-state index in [-0.39, 0.29) is 60.8 Å². The number of carbonyl (C=O) groups is 1. The van der Waals surface area contributed by atoms with Gasteiger partial charge >= 0.3 is 0 Å². The third-order valence-corrected chi connectivity index (χ3v) is 6.86. The zero-order valence-electron chi connectivity index (χ0n) is 17.1. The van der Waals surface area contributed by atoms with Crippen molar-refractivity contribution in [1.82, 2.24) is 9.21 Å². The second-order valence-corrected chi connectivity index (χ2v) is 9.79. The first-order valence-electron chi connectivity index (χ1n) is 9.21. The number of nitrogens with two attached hydrogens (primary N) is 1. The highest BCUT2D eigenvalue weighted by Crippen LogP contribution is 2.25. The fourth-order valence-corrected chi connectivity index (χ4v) is 4.46. The molecular weight excluding hydrogens is 402 g/mol. The molecule has 160 valence electrons. The van der Waals surface area contributed by atoms with Crippen molar-refractivity contribution >= 4 is 28.3 Å². The molecule has 1 atom stereocenters. The van der Waals surface area contributed by atoms with Gasteiger partial charge in [-0.1, -0.05) is 32.9 Å². The predicted octanol–water partition coefficient (Wildman–Crippen LogP) is 1.60. The average molecular weight is 434 g/mol. The highest BCUT2D eigenvalue weighted by atomic mass is 35.5. The molecule has 7 nitrogen and oxygen atoms in total. The van der Waals surface area contributed by atoms with Gasteiger partial charge in [0.05, 0.1) is 17.4 Å². The second-order valence-electron chi connectivity index (χ2n) is 7.86. The van der Waals surface area contributed by atoms with Gasteiger partial charge in [0.25, 0.3) is 0 Å². The molecule has 1 saturated heterocycles. The maximum Gasteiger partial charge on any atom is 0.243 e. The van der Waals surface area contributed by atoms with Crippen molar-refractivity contribution in [2.24, 2.45) is 5.73 Å². The molecule has 9 heteroatoms. The summed E-state index contributed by atoms with van der Waals surface area (Å²) in [6.07, 6.45) is -0.0887. The number of benzene rings is 1. The van der Waals surface area contributed by atoms with Gasteiger partial charge in [0.1, 0.15) is 0 Å². The molecule has 0 bridgehead atoms. The number of halogens is 1. The Morgan fingerprint density at radius 2 is 1.68 bits per heavy atom. The Hall–Kier alpha value is -1.19. The number of carbonyl (C=O) groups excluding carboxylic acids is 1. The number of nitrogens with zero attached hydrogens (tertiary/aromatic N) is 2. The lowest BCUT2D eigenvalue weighted by molar-refractivity contribution is -0.134. The summed E-state index contributed by atoms with van der Waals surface area (Å²) < 4.78 is 32.4. The van der Waals surface area contributed by atoms with Crippen molar-refractivity contribution < 1.29 is 17.9 Å². The van der Waals surface area contributed by atoms with E-state index in [4.69, 9.17) is 10.5 Å². The molecular formula is C19H32ClN3O4S. The number of methoxy groups -OCH3 is 1. The normalized spacial score (nSPS) is 17.1. The van der Waals surface area contributed by atoms with Crippen LogP contribution in [0.5, 0.6) is 0 Å². The number of rotatable bonds is 6. The summed E-state index contributed by atoms with van der Waals surface area (Å²) in [5.74, 6) is -0.0566. The minimum Gasteiger partial charge on any atom is -0.380 e. The Morgan fingerprint density at radius 3 is 2.11 bits per heavy atom. The predicted molar refractivity (Wildman–Crippen MR) is 112 cm³/mol. The average Bonchev–Trinajstić information content (AvgIpc) is 2.65. The molecule has 1 amide bonds. The minimum absolute atomic E-state index is 0. The van der Waals surface area contributed by atoms with E-state index in [1.165, 1.54) is 11.4 Å². The molecule has 1 aliphatic heterocycles. The molecule has 1 aliphatic rings. The molecule has 1 aromatic rings. The summed E-state index contributed by atoms with van der Waals surface area (Å²) in [4.78, 5) is 14.3. The van der Waals surface area contributed by atoms with Crippen LogP contribution in [0.1, 0.15) is 32.8 Å². The number of hydrogen-bond donors (Lipinski definition) is 1. The van der Waals surface area contributed by atoms with Crippen LogP contribution in [0.15, 0.2) is 29.2 Å². The standard InChI is InChI=1S/C19H31N3O4S.ClH/c1-19(2,3)15-5-7-17(8-6-15)27(24,25)22-11-9-21(10-12-22)18(23)13-16(14-20)26-4;/h5-8,16H,9-14,20H2,1-4H3;1H. The van der Waals surface area contributed by atoms with Gasteiger partial charge in [0, 0.05) is 39.8 Å². The van der Waals surface area contributed by atoms with Gasteiger partial charge in [0.2, 0.25) is 15.9 Å². The van der Waals surface area contributed by atoms with Crippen molar-refractivity contribution in [3.63, 3.8) is 0 Å². The van der Waals surface area contributed by atoms with Crippen LogP contribution in [0.2, 0.25) is 0 Å². The lowest BCUT2D eigenvalue weighted by atomic mass is 9.87. The number of sulfonamides is 1. The topological polar surface area (TPSA) is 92.9 Å². The minimum atomic E-state index is -3.56. The summed E-state index contributed by atoms with van der Waals surface area (Å²) in [6.45, 7) is 7.87. The lowest BCUT2D eigenvalue weighted by Crippen LogP contribution is -2.51. The Balaban J connectivity index is 0.00000392. The number of ether oxygens (including phenoxy) is 1. The Bertz CT molecular complexity index is 735. The third-order valence-electron chi connectivity index (χ3n) is 4.95. The van der Waals surface area contributed by atoms with Gasteiger partial charge in [-0.25, -0.2) is 8.42 Å². The monoisotopic (exact) mass is 433 g/mol. The van der Waals surface area contributed by atoms with Gasteiger partial charge in [-0.05, 0) is 23.1 Å². The first-order chi connectivity index (χ1) is 12.6. The fourth-order valence-electron chi connectivity index (χ4n) is 3.04. The number of piperazine rings is 1. The van der Waals surface area contributed by atoms with Gasteiger partial charge in [-0.2, -0.15) is 4.31 Å². The zero-order valence-corrected chi connectivity index (χ0v) is 18.7. The highest BCUT2D eigenvalue weighted by Gasteiger charge is 2.30. The molecule has 2 N–H and O–H groups in total. The first-order valence-corrected chi connectivity index (χ1v) is 10.6. The highest BCUT2D eigenvalue weighted by molar-refractivity contribution is 7.89. The number of amides is 1. The molecule has 1 aromatic carbocycles. The Morgan fingerprint density at radius 1 is 1.14 bits per heavy atom. The Kier molecular flexibility index (Phi) is 8.90. The van der Waals surface area contributed by atoms with E-state index in [0.29, 0.717) is 13.1 Å². The van der Waals surface area contributed by atoms with Crippen LogP contribution in [0, 0.1) is 0 Å². The van der Waals surface area contributed by atoms with E-state index in [9.17, 15) is 13.2 Å². The Labute approximate surface area is 174 Å². The fraction of sp³-hybridized carbons (Fsp3) is 0.632. The van der Waals surface area contributed by atoms with Crippen LogP contribution >= 0.6 is 12.4 Å². The lowest BCUT2D eigenvalue weighted by Gasteiger charge is -2.34. The van der Waals surface area contributed by atoms with E-state index in [0.717, 1.165) is 5.56 Å². The van der Waals surface area contributed by atoms with Crippen LogP contribution in [-0.2, 0) is 25.0 Å². The smallest absolute Gasteiger partial charge is 0.243 e. The summed E-state index contributed by atoms with van der Waals surface area (Å²) in [5, 5.41) is 0. The van der Waals surface area contributed by atoms with Crippen molar-refractivity contribution in [3.05, 3.63) is 29.8 Å². The second kappa shape index (κ2) is 10.0. The SMILES string of the molecule is COC(CN)CC(=O)N1CCN(S(=O)(=O)c2ccc(C(C)(C)C)cc2)CC1.Cl. The van der Waals surface area contributed by atoms with E-state index < -0.39 is 10.0 Å². The van der Waals surface area contributed by atoms with Crippen LogP contribution < -0.4 is 5.73 Å². The molecule has 28 heavy (non-hydrogen) atoms. The molecule has 1 unspecified atom stereocenters. The molecule has 0 saturated carbocycles.